The normalized spacial score (nSPS) is 16.6. The van der Waals surface area contributed by atoms with Gasteiger partial charge in [0.05, 0.1) is 41.8 Å². The van der Waals surface area contributed by atoms with Crippen molar-refractivity contribution in [2.45, 2.75) is 32.0 Å². The topological polar surface area (TPSA) is 128 Å². The number of amides is 1. The van der Waals surface area contributed by atoms with Gasteiger partial charge < -0.3 is 25.2 Å². The van der Waals surface area contributed by atoms with Gasteiger partial charge in [0.15, 0.2) is 0 Å². The number of nitrogens with one attached hydrogen (secondary N) is 2. The molecule has 224 valence electrons. The molecule has 1 amide bonds. The molecule has 0 bridgehead atoms. The Morgan fingerprint density at radius 3 is 2.65 bits per heavy atom. The lowest BCUT2D eigenvalue weighted by Crippen LogP contribution is -2.46. The number of hydrogen-bond donors (Lipinski definition) is 3. The fourth-order valence-corrected chi connectivity index (χ4v) is 5.58. The van der Waals surface area contributed by atoms with E-state index >= 15 is 0 Å². The Morgan fingerprint density at radius 2 is 1.88 bits per heavy atom. The van der Waals surface area contributed by atoms with Crippen LogP contribution in [0.4, 0.5) is 5.69 Å². The van der Waals surface area contributed by atoms with Crippen molar-refractivity contribution >= 4 is 34.8 Å². The molecule has 0 spiro atoms. The van der Waals surface area contributed by atoms with Gasteiger partial charge >= 0.3 is 0 Å². The van der Waals surface area contributed by atoms with Crippen LogP contribution in [0.25, 0.3) is 22.4 Å². The number of hydrogen-bond acceptors (Lipinski definition) is 8. The number of aryl methyl sites for hydroxylation is 1. The molecule has 1 unspecified atom stereocenters. The first kappa shape index (κ1) is 30.7. The van der Waals surface area contributed by atoms with Crippen LogP contribution in [-0.4, -0.2) is 58.2 Å². The Kier molecular flexibility index (Phi) is 9.43. The Morgan fingerprint density at radius 1 is 1.14 bits per heavy atom. The van der Waals surface area contributed by atoms with E-state index in [-0.39, 0.29) is 16.6 Å². The molecule has 2 aromatic heterocycles. The third-order valence-electron chi connectivity index (χ3n) is 7.48. The van der Waals surface area contributed by atoms with Gasteiger partial charge in [0, 0.05) is 48.6 Å². The van der Waals surface area contributed by atoms with Crippen LogP contribution in [0.5, 0.6) is 5.88 Å². The van der Waals surface area contributed by atoms with Gasteiger partial charge in [-0.3, -0.25) is 9.59 Å². The number of pyridine rings is 1. The maximum Gasteiger partial charge on any atom is 0.280 e. The lowest BCUT2D eigenvalue weighted by molar-refractivity contribution is -0.0281. The third kappa shape index (κ3) is 6.43. The number of ether oxygens (including phenoxy) is 2. The van der Waals surface area contributed by atoms with Crippen LogP contribution in [0.1, 0.15) is 27.9 Å². The minimum Gasteiger partial charge on any atom is -0.481 e. The Hall–Kier alpha value is -3.80. The first-order valence-corrected chi connectivity index (χ1v) is 14.4. The number of aliphatic hydroxyl groups is 1. The van der Waals surface area contributed by atoms with Crippen molar-refractivity contribution in [2.24, 2.45) is 7.05 Å². The zero-order chi connectivity index (χ0) is 30.7. The van der Waals surface area contributed by atoms with Gasteiger partial charge in [0.2, 0.25) is 5.88 Å². The van der Waals surface area contributed by atoms with Gasteiger partial charge in [-0.25, -0.2) is 9.67 Å². The van der Waals surface area contributed by atoms with Crippen molar-refractivity contribution in [1.82, 2.24) is 20.1 Å². The third-order valence-corrected chi connectivity index (χ3v) is 8.17. The van der Waals surface area contributed by atoms with Crippen LogP contribution < -0.4 is 20.9 Å². The molecule has 0 aliphatic carbocycles. The molecule has 12 heteroatoms. The number of carbonyl (C=O) groups is 1. The van der Waals surface area contributed by atoms with Crippen molar-refractivity contribution < 1.29 is 19.4 Å². The standard InChI is InChI=1S/C31H31Cl2N5O5/c1-17-19(6-5-9-23(17)36-29(40)27-22(32)15-35-38(2)31(27)41)20-7-4-8-21(28(20)33)24-11-10-18(30(37-24)42-3)14-34-25-12-13-43-16-26(25)39/h4-11,15,25-26,34,39H,12-14,16H2,1-3H3,(H,36,40)/t25?,26-/m0/s1. The molecule has 0 saturated carbocycles. The number of anilines is 1. The minimum absolute atomic E-state index is 0.0314. The van der Waals surface area contributed by atoms with E-state index in [0.29, 0.717) is 47.6 Å². The zero-order valence-corrected chi connectivity index (χ0v) is 25.4. The maximum absolute atomic E-state index is 13.0. The number of benzene rings is 2. The van der Waals surface area contributed by atoms with Crippen molar-refractivity contribution in [3.05, 3.63) is 91.8 Å². The average molecular weight is 625 g/mol. The van der Waals surface area contributed by atoms with Crippen molar-refractivity contribution in [1.29, 1.82) is 0 Å². The Balaban J connectivity index is 1.42. The summed E-state index contributed by atoms with van der Waals surface area (Å²) in [4.78, 5) is 30.3. The van der Waals surface area contributed by atoms with Crippen LogP contribution >= 0.6 is 23.2 Å². The Bertz CT molecular complexity index is 1730. The molecule has 5 rings (SSSR count). The summed E-state index contributed by atoms with van der Waals surface area (Å²) < 4.78 is 12.0. The van der Waals surface area contributed by atoms with E-state index < -0.39 is 17.6 Å². The quantitative estimate of drug-likeness (QED) is 0.259. The highest BCUT2D eigenvalue weighted by Gasteiger charge is 2.24. The summed E-state index contributed by atoms with van der Waals surface area (Å²) in [6.45, 7) is 3.25. The van der Waals surface area contributed by atoms with Gasteiger partial charge in [-0.1, -0.05) is 59.6 Å². The van der Waals surface area contributed by atoms with Crippen molar-refractivity contribution in [3.8, 4) is 28.3 Å². The minimum atomic E-state index is -0.634. The lowest BCUT2D eigenvalue weighted by atomic mass is 9.96. The summed E-state index contributed by atoms with van der Waals surface area (Å²) in [5.74, 6) is -0.180. The molecule has 2 atom stereocenters. The van der Waals surface area contributed by atoms with E-state index in [1.807, 2.05) is 43.3 Å². The predicted molar refractivity (Wildman–Crippen MR) is 166 cm³/mol. The van der Waals surface area contributed by atoms with Crippen LogP contribution in [-0.2, 0) is 18.3 Å². The first-order chi connectivity index (χ1) is 20.7. The van der Waals surface area contributed by atoms with Crippen molar-refractivity contribution in [2.75, 3.05) is 25.6 Å². The molecule has 3 N–H and O–H groups in total. The summed E-state index contributed by atoms with van der Waals surface area (Å²) in [6.07, 6.45) is 1.41. The molecule has 10 nitrogen and oxygen atoms in total. The second kappa shape index (κ2) is 13.2. The molecule has 2 aromatic carbocycles. The van der Waals surface area contributed by atoms with Gasteiger partial charge in [-0.2, -0.15) is 5.10 Å². The van der Waals surface area contributed by atoms with E-state index in [2.05, 4.69) is 15.7 Å². The van der Waals surface area contributed by atoms with E-state index in [0.717, 1.165) is 33.4 Å². The van der Waals surface area contributed by atoms with E-state index in [9.17, 15) is 14.7 Å². The second-order valence-corrected chi connectivity index (χ2v) is 11.0. The van der Waals surface area contributed by atoms with Crippen LogP contribution in [0.3, 0.4) is 0 Å². The van der Waals surface area contributed by atoms with E-state index in [1.165, 1.54) is 13.2 Å². The zero-order valence-electron chi connectivity index (χ0n) is 23.9. The number of carbonyl (C=O) groups excluding carboxylic acids is 1. The largest absolute Gasteiger partial charge is 0.481 e. The van der Waals surface area contributed by atoms with Crippen LogP contribution in [0.15, 0.2) is 59.5 Å². The smallest absolute Gasteiger partial charge is 0.280 e. The van der Waals surface area contributed by atoms with Gasteiger partial charge in [0.25, 0.3) is 11.5 Å². The summed E-state index contributed by atoms with van der Waals surface area (Å²) >= 11 is 13.1. The number of nitrogens with zero attached hydrogens (tertiary/aromatic N) is 3. The molecule has 43 heavy (non-hydrogen) atoms. The van der Waals surface area contributed by atoms with E-state index in [4.69, 9.17) is 37.7 Å². The molecule has 3 heterocycles. The SMILES string of the molecule is COc1nc(-c2cccc(-c3cccc(NC(=O)c4c(Cl)cnn(C)c4=O)c3C)c2Cl)ccc1CNC1CCOC[C@@H]1O. The number of aliphatic hydroxyl groups excluding tert-OH is 1. The highest BCUT2D eigenvalue weighted by molar-refractivity contribution is 6.36. The van der Waals surface area contributed by atoms with Crippen molar-refractivity contribution in [3.63, 3.8) is 0 Å². The molecule has 1 fully saturated rings. The molecular weight excluding hydrogens is 593 g/mol. The lowest BCUT2D eigenvalue weighted by Gasteiger charge is -2.28. The monoisotopic (exact) mass is 623 g/mol. The molecular formula is C31H31Cl2N5O5. The van der Waals surface area contributed by atoms with E-state index in [1.54, 1.807) is 19.2 Å². The molecule has 1 saturated heterocycles. The number of halogens is 2. The average Bonchev–Trinajstić information content (AvgIpc) is 3.00. The second-order valence-electron chi connectivity index (χ2n) is 10.2. The maximum atomic E-state index is 13.0. The number of rotatable bonds is 8. The van der Waals surface area contributed by atoms with Gasteiger partial charge in [0.1, 0.15) is 5.56 Å². The fraction of sp³-hybridized carbons (Fsp3) is 0.290. The van der Waals surface area contributed by atoms with Gasteiger partial charge in [-0.05, 0) is 36.6 Å². The highest BCUT2D eigenvalue weighted by atomic mass is 35.5. The summed E-state index contributed by atoms with van der Waals surface area (Å²) in [7, 11) is 3.01. The molecule has 0 radical (unpaired) electrons. The van der Waals surface area contributed by atoms with Crippen LogP contribution in [0.2, 0.25) is 10.0 Å². The molecule has 4 aromatic rings. The molecule has 1 aliphatic heterocycles. The van der Waals surface area contributed by atoms with Gasteiger partial charge in [-0.15, -0.1) is 0 Å². The fourth-order valence-electron chi connectivity index (χ4n) is 5.04. The highest BCUT2D eigenvalue weighted by Crippen LogP contribution is 2.39. The first-order valence-electron chi connectivity index (χ1n) is 13.6. The summed E-state index contributed by atoms with van der Waals surface area (Å²) in [6, 6.07) is 14.8. The molecule has 1 aliphatic rings. The summed E-state index contributed by atoms with van der Waals surface area (Å²) in [5.41, 5.74) is 4.19. The summed E-state index contributed by atoms with van der Waals surface area (Å²) in [5, 5.41) is 20.7. The number of methoxy groups -OCH3 is 1. The number of aromatic nitrogens is 3. The Labute approximate surface area is 258 Å². The predicted octanol–water partition coefficient (Wildman–Crippen LogP) is 4.62. The van der Waals surface area contributed by atoms with Crippen LogP contribution in [0, 0.1) is 6.92 Å².